The van der Waals surface area contributed by atoms with Crippen molar-refractivity contribution < 1.29 is 4.74 Å². The van der Waals surface area contributed by atoms with Crippen LogP contribution in [0.15, 0.2) is 36.7 Å². The van der Waals surface area contributed by atoms with Gasteiger partial charge in [-0.05, 0) is 30.7 Å². The van der Waals surface area contributed by atoms with Crippen LogP contribution >= 0.6 is 0 Å². The van der Waals surface area contributed by atoms with E-state index in [4.69, 9.17) is 10.5 Å². The Morgan fingerprint density at radius 2 is 2.17 bits per heavy atom. The quantitative estimate of drug-likeness (QED) is 0.862. The molecule has 2 rings (SSSR count). The van der Waals surface area contributed by atoms with Crippen LogP contribution in [0.2, 0.25) is 0 Å². The lowest BCUT2D eigenvalue weighted by atomic mass is 10.1. The van der Waals surface area contributed by atoms with Crippen molar-refractivity contribution in [2.24, 2.45) is 0 Å². The molecule has 0 amide bonds. The zero-order valence-electron chi connectivity index (χ0n) is 10.4. The Labute approximate surface area is 106 Å². The number of nitrogens with zero attached hydrogens (tertiary/aromatic N) is 2. The highest BCUT2D eigenvalue weighted by Crippen LogP contribution is 2.23. The molecule has 0 fully saturated rings. The van der Waals surface area contributed by atoms with Gasteiger partial charge in [-0.2, -0.15) is 4.98 Å². The first-order valence-electron chi connectivity index (χ1n) is 5.67. The fourth-order valence-electron chi connectivity index (χ4n) is 1.63. The summed E-state index contributed by atoms with van der Waals surface area (Å²) >= 11 is 0. The van der Waals surface area contributed by atoms with E-state index in [1.807, 2.05) is 31.3 Å². The first kappa shape index (κ1) is 12.2. The van der Waals surface area contributed by atoms with Gasteiger partial charge in [0, 0.05) is 12.4 Å². The third-order valence-corrected chi connectivity index (χ3v) is 2.63. The van der Waals surface area contributed by atoms with Gasteiger partial charge in [0.2, 0.25) is 5.88 Å². The summed E-state index contributed by atoms with van der Waals surface area (Å²) in [5, 5.41) is 3.27. The lowest BCUT2D eigenvalue weighted by molar-refractivity contribution is 0.401. The summed E-state index contributed by atoms with van der Waals surface area (Å²) in [6.45, 7) is 2.04. The van der Waals surface area contributed by atoms with Gasteiger partial charge < -0.3 is 15.8 Å². The Hall–Kier alpha value is -2.30. The monoisotopic (exact) mass is 244 g/mol. The van der Waals surface area contributed by atoms with E-state index in [0.717, 1.165) is 11.4 Å². The largest absolute Gasteiger partial charge is 0.479 e. The number of pyridine rings is 2. The number of anilines is 2. The highest BCUT2D eigenvalue weighted by molar-refractivity contribution is 5.54. The van der Waals surface area contributed by atoms with Gasteiger partial charge in [-0.3, -0.25) is 4.98 Å². The predicted molar refractivity (Wildman–Crippen MR) is 71.5 cm³/mol. The Morgan fingerprint density at radius 1 is 1.33 bits per heavy atom. The van der Waals surface area contributed by atoms with Crippen molar-refractivity contribution in [3.8, 4) is 5.88 Å². The molecule has 1 atom stereocenters. The van der Waals surface area contributed by atoms with Crippen molar-refractivity contribution >= 4 is 11.5 Å². The molecule has 2 aromatic heterocycles. The van der Waals surface area contributed by atoms with E-state index >= 15 is 0 Å². The number of aromatic nitrogens is 2. The maximum absolute atomic E-state index is 5.72. The smallest absolute Gasteiger partial charge is 0.238 e. The minimum absolute atomic E-state index is 0.111. The van der Waals surface area contributed by atoms with Crippen LogP contribution < -0.4 is 15.8 Å². The van der Waals surface area contributed by atoms with E-state index in [9.17, 15) is 0 Å². The van der Waals surface area contributed by atoms with Gasteiger partial charge in [-0.25, -0.2) is 0 Å². The number of methoxy groups -OCH3 is 1. The van der Waals surface area contributed by atoms with Gasteiger partial charge >= 0.3 is 0 Å². The molecule has 0 aromatic carbocycles. The highest BCUT2D eigenvalue weighted by Gasteiger charge is 2.08. The van der Waals surface area contributed by atoms with Crippen molar-refractivity contribution in [2.75, 3.05) is 18.2 Å². The van der Waals surface area contributed by atoms with Crippen LogP contribution in [-0.4, -0.2) is 17.1 Å². The minimum atomic E-state index is 0.111. The lowest BCUT2D eigenvalue weighted by Gasteiger charge is -2.15. The third kappa shape index (κ3) is 2.68. The van der Waals surface area contributed by atoms with E-state index in [0.29, 0.717) is 11.6 Å². The number of nitrogens with two attached hydrogens (primary N) is 1. The molecule has 0 saturated heterocycles. The molecule has 0 radical (unpaired) electrons. The second kappa shape index (κ2) is 5.35. The first-order valence-corrected chi connectivity index (χ1v) is 5.67. The summed E-state index contributed by atoms with van der Waals surface area (Å²) in [5.41, 5.74) is 7.33. The number of hydrogen-bond donors (Lipinski definition) is 2. The van der Waals surface area contributed by atoms with Gasteiger partial charge in [-0.1, -0.05) is 6.07 Å². The molecule has 2 aromatic rings. The molecule has 18 heavy (non-hydrogen) atoms. The minimum Gasteiger partial charge on any atom is -0.479 e. The van der Waals surface area contributed by atoms with Crippen LogP contribution in [0.5, 0.6) is 5.88 Å². The summed E-state index contributed by atoms with van der Waals surface area (Å²) in [5.74, 6) is 1.15. The van der Waals surface area contributed by atoms with Gasteiger partial charge in [-0.15, -0.1) is 0 Å². The first-order chi connectivity index (χ1) is 8.70. The molecule has 0 aliphatic rings. The molecule has 0 saturated carbocycles. The summed E-state index contributed by atoms with van der Waals surface area (Å²) in [6.07, 6.45) is 3.58. The number of ether oxygens (including phenoxy) is 1. The molecule has 0 spiro atoms. The predicted octanol–water partition coefficient (Wildman–Crippen LogP) is 2.24. The standard InChI is InChI=1S/C13H16N4O/c1-9(10-4-3-7-15-8-10)16-12-6-5-11(14)13(17-12)18-2/h3-9H,14H2,1-2H3,(H,16,17). The summed E-state index contributed by atoms with van der Waals surface area (Å²) in [7, 11) is 1.55. The van der Waals surface area contributed by atoms with E-state index in [1.165, 1.54) is 0 Å². The number of nitrogens with one attached hydrogen (secondary N) is 1. The van der Waals surface area contributed by atoms with Crippen LogP contribution in [0.4, 0.5) is 11.5 Å². The second-order valence-electron chi connectivity index (χ2n) is 3.95. The van der Waals surface area contributed by atoms with Crippen molar-refractivity contribution in [3.05, 3.63) is 42.2 Å². The molecular formula is C13H16N4O. The third-order valence-electron chi connectivity index (χ3n) is 2.63. The van der Waals surface area contributed by atoms with Crippen molar-refractivity contribution in [2.45, 2.75) is 13.0 Å². The normalized spacial score (nSPS) is 11.9. The molecule has 5 nitrogen and oxygen atoms in total. The maximum Gasteiger partial charge on any atom is 0.238 e. The van der Waals surface area contributed by atoms with E-state index < -0.39 is 0 Å². The van der Waals surface area contributed by atoms with Crippen LogP contribution in [0.3, 0.4) is 0 Å². The fraction of sp³-hybridized carbons (Fsp3) is 0.231. The van der Waals surface area contributed by atoms with Crippen molar-refractivity contribution in [1.82, 2.24) is 9.97 Å². The molecule has 1 unspecified atom stereocenters. The van der Waals surface area contributed by atoms with Crippen LogP contribution in [-0.2, 0) is 0 Å². The molecule has 94 valence electrons. The van der Waals surface area contributed by atoms with Gasteiger partial charge in [0.1, 0.15) is 5.82 Å². The topological polar surface area (TPSA) is 73.1 Å². The van der Waals surface area contributed by atoms with Gasteiger partial charge in [0.25, 0.3) is 0 Å². The Bertz CT molecular complexity index is 516. The molecule has 0 aliphatic carbocycles. The number of rotatable bonds is 4. The van der Waals surface area contributed by atoms with Crippen LogP contribution in [0.25, 0.3) is 0 Å². The van der Waals surface area contributed by atoms with Crippen molar-refractivity contribution in [3.63, 3.8) is 0 Å². The van der Waals surface area contributed by atoms with Crippen LogP contribution in [0.1, 0.15) is 18.5 Å². The Kier molecular flexibility index (Phi) is 3.62. The summed E-state index contributed by atoms with van der Waals surface area (Å²) in [4.78, 5) is 8.37. The number of hydrogen-bond acceptors (Lipinski definition) is 5. The van der Waals surface area contributed by atoms with E-state index in [2.05, 4.69) is 15.3 Å². The summed E-state index contributed by atoms with van der Waals surface area (Å²) in [6, 6.07) is 7.62. The second-order valence-corrected chi connectivity index (χ2v) is 3.95. The number of nitrogen functional groups attached to an aromatic ring is 1. The Balaban J connectivity index is 2.14. The molecule has 0 bridgehead atoms. The van der Waals surface area contributed by atoms with E-state index in [1.54, 1.807) is 19.4 Å². The van der Waals surface area contributed by atoms with E-state index in [-0.39, 0.29) is 6.04 Å². The fourth-order valence-corrected chi connectivity index (χ4v) is 1.63. The Morgan fingerprint density at radius 3 is 2.83 bits per heavy atom. The average Bonchev–Trinajstić information content (AvgIpc) is 2.42. The zero-order valence-corrected chi connectivity index (χ0v) is 10.4. The molecule has 2 heterocycles. The molecule has 3 N–H and O–H groups in total. The summed E-state index contributed by atoms with van der Waals surface area (Å²) < 4.78 is 5.08. The maximum atomic E-state index is 5.72. The highest BCUT2D eigenvalue weighted by atomic mass is 16.5. The molecule has 0 aliphatic heterocycles. The van der Waals surface area contributed by atoms with Gasteiger partial charge in [0.05, 0.1) is 18.8 Å². The van der Waals surface area contributed by atoms with Gasteiger partial charge in [0.15, 0.2) is 0 Å². The lowest BCUT2D eigenvalue weighted by Crippen LogP contribution is -2.09. The zero-order chi connectivity index (χ0) is 13.0. The molecule has 5 heteroatoms. The average molecular weight is 244 g/mol. The SMILES string of the molecule is COc1nc(NC(C)c2cccnc2)ccc1N. The van der Waals surface area contributed by atoms with Crippen LogP contribution in [0, 0.1) is 0 Å². The molecular weight excluding hydrogens is 228 g/mol. The van der Waals surface area contributed by atoms with Crippen molar-refractivity contribution in [1.29, 1.82) is 0 Å².